The Labute approximate surface area is 185 Å². The molecule has 1 aliphatic heterocycles. The van der Waals surface area contributed by atoms with Gasteiger partial charge in [0, 0.05) is 25.3 Å². The van der Waals surface area contributed by atoms with E-state index in [0.29, 0.717) is 24.6 Å². The minimum absolute atomic E-state index is 0.0281. The second-order valence-electron chi connectivity index (χ2n) is 11.1. The van der Waals surface area contributed by atoms with E-state index in [1.807, 2.05) is 48.4 Å². The van der Waals surface area contributed by atoms with E-state index in [4.69, 9.17) is 5.73 Å². The molecule has 1 aliphatic rings. The first kappa shape index (κ1) is 23.3. The molecule has 1 fully saturated rings. The smallest absolute Gasteiger partial charge is 0.256 e. The second-order valence-corrected chi connectivity index (χ2v) is 11.1. The lowest BCUT2D eigenvalue weighted by atomic mass is 9.77. The fourth-order valence-corrected chi connectivity index (χ4v) is 4.35. The SMILES string of the molecule is CC(C)(C)C[C@@H]1CCN(C(=O)c2cccn3cncc23)C[C@H]1NC(=O)[C@@H](N)C(C)(C)C. The Kier molecular flexibility index (Phi) is 6.46. The van der Waals surface area contributed by atoms with Crippen LogP contribution in [-0.4, -0.2) is 51.3 Å². The van der Waals surface area contributed by atoms with E-state index in [-0.39, 0.29) is 28.7 Å². The van der Waals surface area contributed by atoms with Gasteiger partial charge in [-0.15, -0.1) is 0 Å². The van der Waals surface area contributed by atoms with Crippen LogP contribution in [0.4, 0.5) is 0 Å². The number of pyridine rings is 1. The number of likely N-dealkylation sites (tertiary alicyclic amines) is 1. The molecule has 0 saturated carbocycles. The van der Waals surface area contributed by atoms with E-state index in [2.05, 4.69) is 31.1 Å². The summed E-state index contributed by atoms with van der Waals surface area (Å²) in [4.78, 5) is 32.3. The van der Waals surface area contributed by atoms with Crippen LogP contribution in [0.15, 0.2) is 30.9 Å². The molecule has 170 valence electrons. The van der Waals surface area contributed by atoms with Gasteiger partial charge in [0.15, 0.2) is 0 Å². The van der Waals surface area contributed by atoms with E-state index >= 15 is 0 Å². The molecule has 0 spiro atoms. The van der Waals surface area contributed by atoms with Gasteiger partial charge in [0.1, 0.15) is 0 Å². The average Bonchev–Trinajstić information content (AvgIpc) is 3.15. The molecule has 3 rings (SSSR count). The van der Waals surface area contributed by atoms with Gasteiger partial charge in [-0.25, -0.2) is 4.98 Å². The van der Waals surface area contributed by atoms with E-state index < -0.39 is 6.04 Å². The molecule has 2 aromatic heterocycles. The van der Waals surface area contributed by atoms with Gasteiger partial charge in [-0.3, -0.25) is 9.59 Å². The third kappa shape index (κ3) is 5.45. The van der Waals surface area contributed by atoms with Crippen LogP contribution in [0, 0.1) is 16.7 Å². The number of hydrogen-bond donors (Lipinski definition) is 2. The normalized spacial score (nSPS) is 21.2. The number of nitrogens with two attached hydrogens (primary N) is 1. The molecule has 0 bridgehead atoms. The molecular weight excluding hydrogens is 390 g/mol. The molecular formula is C24H37N5O2. The number of rotatable bonds is 4. The minimum Gasteiger partial charge on any atom is -0.350 e. The summed E-state index contributed by atoms with van der Waals surface area (Å²) in [6, 6.07) is 2.97. The zero-order valence-corrected chi connectivity index (χ0v) is 19.7. The Morgan fingerprint density at radius 1 is 1.26 bits per heavy atom. The van der Waals surface area contributed by atoms with Crippen LogP contribution >= 0.6 is 0 Å². The van der Waals surface area contributed by atoms with Crippen LogP contribution in [-0.2, 0) is 4.79 Å². The number of hydrogen-bond acceptors (Lipinski definition) is 4. The monoisotopic (exact) mass is 427 g/mol. The molecule has 0 unspecified atom stereocenters. The van der Waals surface area contributed by atoms with Gasteiger partial charge in [0.05, 0.1) is 29.6 Å². The Hall–Kier alpha value is -2.41. The largest absolute Gasteiger partial charge is 0.350 e. The molecule has 0 radical (unpaired) electrons. The minimum atomic E-state index is -0.602. The highest BCUT2D eigenvalue weighted by molar-refractivity contribution is 6.00. The highest BCUT2D eigenvalue weighted by atomic mass is 16.2. The molecule has 7 nitrogen and oxygen atoms in total. The lowest BCUT2D eigenvalue weighted by Gasteiger charge is -2.42. The van der Waals surface area contributed by atoms with Crippen LogP contribution in [0.1, 0.15) is 64.7 Å². The standard InChI is InChI=1S/C24H37N5O2/c1-23(2,3)12-16-9-11-28(14-18(16)27-21(30)20(25)24(4,5)6)22(31)17-8-7-10-29-15-26-13-19(17)29/h7-8,10,13,15-16,18,20H,9,11-12,14,25H2,1-6H3,(H,27,30)/t16-,18+,20+/m0/s1. The van der Waals surface area contributed by atoms with Gasteiger partial charge in [-0.1, -0.05) is 41.5 Å². The van der Waals surface area contributed by atoms with Crippen LogP contribution in [0.5, 0.6) is 0 Å². The van der Waals surface area contributed by atoms with Crippen molar-refractivity contribution in [1.82, 2.24) is 19.6 Å². The number of amides is 2. The predicted molar refractivity (Wildman–Crippen MR) is 123 cm³/mol. The summed E-state index contributed by atoms with van der Waals surface area (Å²) < 4.78 is 1.85. The van der Waals surface area contributed by atoms with Crippen LogP contribution < -0.4 is 11.1 Å². The highest BCUT2D eigenvalue weighted by Crippen LogP contribution is 2.32. The fourth-order valence-electron chi connectivity index (χ4n) is 4.35. The van der Waals surface area contributed by atoms with Crippen molar-refractivity contribution in [2.75, 3.05) is 13.1 Å². The van der Waals surface area contributed by atoms with E-state index in [1.165, 1.54) is 0 Å². The van der Waals surface area contributed by atoms with Crippen molar-refractivity contribution in [2.24, 2.45) is 22.5 Å². The summed E-state index contributed by atoms with van der Waals surface area (Å²) in [5.74, 6) is 0.120. The van der Waals surface area contributed by atoms with Crippen molar-refractivity contribution in [3.05, 3.63) is 36.4 Å². The zero-order chi connectivity index (χ0) is 23.0. The molecule has 31 heavy (non-hydrogen) atoms. The van der Waals surface area contributed by atoms with E-state index in [1.54, 1.807) is 12.5 Å². The third-order valence-corrected chi connectivity index (χ3v) is 6.14. The predicted octanol–water partition coefficient (Wildman–Crippen LogP) is 3.09. The van der Waals surface area contributed by atoms with Crippen molar-refractivity contribution in [2.45, 2.75) is 66.5 Å². The molecule has 3 heterocycles. The Morgan fingerprint density at radius 3 is 2.61 bits per heavy atom. The maximum absolute atomic E-state index is 13.4. The number of nitrogens with zero attached hydrogens (tertiary/aromatic N) is 3. The van der Waals surface area contributed by atoms with Gasteiger partial charge in [-0.2, -0.15) is 0 Å². The Bertz CT molecular complexity index is 937. The number of fused-ring (bicyclic) bond motifs is 1. The molecule has 0 aliphatic carbocycles. The quantitative estimate of drug-likeness (QED) is 0.784. The van der Waals surface area contributed by atoms with E-state index in [0.717, 1.165) is 18.4 Å². The summed E-state index contributed by atoms with van der Waals surface area (Å²) >= 11 is 0. The summed E-state index contributed by atoms with van der Waals surface area (Å²) in [6.07, 6.45) is 7.11. The molecule has 3 atom stereocenters. The molecule has 1 saturated heterocycles. The second kappa shape index (κ2) is 8.61. The lowest BCUT2D eigenvalue weighted by molar-refractivity contribution is -0.126. The number of aromatic nitrogens is 2. The summed E-state index contributed by atoms with van der Waals surface area (Å²) in [6.45, 7) is 13.7. The number of piperidine rings is 1. The highest BCUT2D eigenvalue weighted by Gasteiger charge is 2.37. The first-order valence-corrected chi connectivity index (χ1v) is 11.1. The third-order valence-electron chi connectivity index (χ3n) is 6.14. The maximum Gasteiger partial charge on any atom is 0.256 e. The molecule has 3 N–H and O–H groups in total. The number of nitrogens with one attached hydrogen (secondary N) is 1. The van der Waals surface area contributed by atoms with Crippen molar-refractivity contribution < 1.29 is 9.59 Å². The molecule has 2 aromatic rings. The first-order valence-electron chi connectivity index (χ1n) is 11.1. The average molecular weight is 428 g/mol. The number of carbonyl (C=O) groups excluding carboxylic acids is 2. The topological polar surface area (TPSA) is 92.7 Å². The maximum atomic E-state index is 13.4. The fraction of sp³-hybridized carbons (Fsp3) is 0.625. The molecule has 2 amide bonds. The van der Waals surface area contributed by atoms with Gasteiger partial charge in [-0.05, 0) is 41.7 Å². The van der Waals surface area contributed by atoms with Crippen LogP contribution in [0.2, 0.25) is 0 Å². The van der Waals surface area contributed by atoms with Gasteiger partial charge in [0.25, 0.3) is 5.91 Å². The lowest BCUT2D eigenvalue weighted by Crippen LogP contribution is -2.59. The van der Waals surface area contributed by atoms with Crippen LogP contribution in [0.3, 0.4) is 0 Å². The van der Waals surface area contributed by atoms with Crippen molar-refractivity contribution in [3.8, 4) is 0 Å². The molecule has 7 heteroatoms. The Balaban J connectivity index is 1.81. The summed E-state index contributed by atoms with van der Waals surface area (Å²) in [7, 11) is 0. The van der Waals surface area contributed by atoms with Gasteiger partial charge < -0.3 is 20.4 Å². The molecule has 0 aromatic carbocycles. The summed E-state index contributed by atoms with van der Waals surface area (Å²) in [5.41, 5.74) is 7.45. The first-order chi connectivity index (χ1) is 14.4. The van der Waals surface area contributed by atoms with Crippen molar-refractivity contribution in [3.63, 3.8) is 0 Å². The van der Waals surface area contributed by atoms with Crippen LogP contribution in [0.25, 0.3) is 5.52 Å². The van der Waals surface area contributed by atoms with E-state index in [9.17, 15) is 9.59 Å². The van der Waals surface area contributed by atoms with Gasteiger partial charge in [0.2, 0.25) is 5.91 Å². The Morgan fingerprint density at radius 2 is 1.97 bits per heavy atom. The number of imidazole rings is 1. The van der Waals surface area contributed by atoms with Gasteiger partial charge >= 0.3 is 0 Å². The number of carbonyl (C=O) groups is 2. The zero-order valence-electron chi connectivity index (χ0n) is 19.7. The van der Waals surface area contributed by atoms with Crippen molar-refractivity contribution in [1.29, 1.82) is 0 Å². The van der Waals surface area contributed by atoms with Crippen molar-refractivity contribution >= 4 is 17.3 Å². The summed E-state index contributed by atoms with van der Waals surface area (Å²) in [5, 5.41) is 3.19.